The first-order valence-corrected chi connectivity index (χ1v) is 10.9. The van der Waals surface area contributed by atoms with Crippen molar-refractivity contribution in [1.29, 1.82) is 0 Å². The van der Waals surface area contributed by atoms with Gasteiger partial charge in [-0.1, -0.05) is 24.3 Å². The molecule has 2 aromatic carbocycles. The van der Waals surface area contributed by atoms with Crippen molar-refractivity contribution in [2.45, 2.75) is 77.1 Å². The van der Waals surface area contributed by atoms with Gasteiger partial charge < -0.3 is 5.73 Å². The maximum Gasteiger partial charge on any atom is 0.407 e. The van der Waals surface area contributed by atoms with E-state index in [1.165, 1.54) is 24.3 Å². The molecule has 2 aromatic rings. The van der Waals surface area contributed by atoms with Crippen LogP contribution in [0.25, 0.3) is 0 Å². The van der Waals surface area contributed by atoms with Gasteiger partial charge in [0.15, 0.2) is 0 Å². The number of nitrogens with one attached hydrogen (secondary N) is 2. The summed E-state index contributed by atoms with van der Waals surface area (Å²) < 4.78 is 77.8. The molecule has 0 radical (unpaired) electrons. The Labute approximate surface area is 206 Å². The van der Waals surface area contributed by atoms with Crippen LogP contribution in [0.3, 0.4) is 0 Å². The third kappa shape index (κ3) is 10.8. The summed E-state index contributed by atoms with van der Waals surface area (Å²) in [6.45, 7) is 9.96. The van der Waals surface area contributed by atoms with Gasteiger partial charge >= 0.3 is 12.4 Å². The molecule has 2 rings (SSSR count). The van der Waals surface area contributed by atoms with Crippen LogP contribution in [-0.2, 0) is 0 Å². The quantitative estimate of drug-likeness (QED) is 0.173. The maximum atomic E-state index is 13.0. The second-order valence-corrected chi connectivity index (χ2v) is 10.3. The van der Waals surface area contributed by atoms with E-state index in [0.717, 1.165) is 24.3 Å². The van der Waals surface area contributed by atoms with Gasteiger partial charge in [-0.05, 0) is 64.8 Å². The van der Waals surface area contributed by atoms with Gasteiger partial charge in [0.25, 0.3) is 5.69 Å². The van der Waals surface area contributed by atoms with Crippen molar-refractivity contribution in [3.8, 4) is 0 Å². The molecule has 0 spiro atoms. The lowest BCUT2D eigenvalue weighted by atomic mass is 10.0. The summed E-state index contributed by atoms with van der Waals surface area (Å²) in [6.07, 6.45) is -8.80. The van der Waals surface area contributed by atoms with Crippen LogP contribution in [-0.4, -0.2) is 28.4 Å². The largest absolute Gasteiger partial charge is 0.407 e. The summed E-state index contributed by atoms with van der Waals surface area (Å²) in [5.41, 5.74) is 4.44. The fraction of sp³-hybridized carbons (Fsp3) is 0.500. The van der Waals surface area contributed by atoms with E-state index in [2.05, 4.69) is 10.6 Å². The number of nitro groups is 1. The number of hydrogen-bond acceptors (Lipinski definition) is 5. The summed E-state index contributed by atoms with van der Waals surface area (Å²) in [5, 5.41) is 15.5. The molecule has 0 aliphatic rings. The first kappa shape index (κ1) is 31.2. The average molecular weight is 523 g/mol. The zero-order valence-electron chi connectivity index (χ0n) is 20.9. The van der Waals surface area contributed by atoms with Crippen LogP contribution < -0.4 is 16.4 Å². The number of nitrogen functional groups attached to an aromatic ring is 1. The Morgan fingerprint density at radius 3 is 1.25 bits per heavy atom. The molecule has 12 heteroatoms. The number of anilines is 1. The highest BCUT2D eigenvalue weighted by molar-refractivity contribution is 5.40. The summed E-state index contributed by atoms with van der Waals surface area (Å²) in [7, 11) is 0. The molecule has 0 saturated carbocycles. The van der Waals surface area contributed by atoms with Gasteiger partial charge in [-0.2, -0.15) is 26.3 Å². The molecule has 0 aliphatic carbocycles. The summed E-state index contributed by atoms with van der Waals surface area (Å²) >= 11 is 0. The molecule has 0 fully saturated rings. The smallest absolute Gasteiger partial charge is 0.399 e. The van der Waals surface area contributed by atoms with E-state index in [1.807, 2.05) is 0 Å². The molecular weight excluding hydrogens is 490 g/mol. The van der Waals surface area contributed by atoms with Gasteiger partial charge in [-0.25, -0.2) is 0 Å². The Hall–Kier alpha value is -2.86. The summed E-state index contributed by atoms with van der Waals surface area (Å²) in [4.78, 5) is 9.83. The van der Waals surface area contributed by atoms with Gasteiger partial charge in [0.2, 0.25) is 0 Å². The lowest BCUT2D eigenvalue weighted by Gasteiger charge is -2.30. The molecule has 0 aromatic heterocycles. The average Bonchev–Trinajstić information content (AvgIpc) is 2.69. The first-order chi connectivity index (χ1) is 16.1. The highest BCUT2D eigenvalue weighted by Gasteiger charge is 2.43. The molecule has 4 N–H and O–H groups in total. The van der Waals surface area contributed by atoms with E-state index >= 15 is 0 Å². The SMILES string of the molecule is CC(C)(C)NC(c1ccc(N)cc1)C(F)(F)F.CC(C)(C)NC(c1ccc([N+](=O)[O-])cc1)C(F)(F)F. The third-order valence-electron chi connectivity index (χ3n) is 4.52. The van der Waals surface area contributed by atoms with Crippen molar-refractivity contribution in [2.24, 2.45) is 0 Å². The molecule has 0 heterocycles. The topological polar surface area (TPSA) is 93.2 Å². The molecule has 36 heavy (non-hydrogen) atoms. The zero-order chi connectivity index (χ0) is 28.1. The molecule has 2 atom stereocenters. The van der Waals surface area contributed by atoms with Gasteiger partial charge in [-0.15, -0.1) is 0 Å². The van der Waals surface area contributed by atoms with Crippen molar-refractivity contribution in [3.63, 3.8) is 0 Å². The van der Waals surface area contributed by atoms with Gasteiger partial charge in [0, 0.05) is 28.9 Å². The van der Waals surface area contributed by atoms with Crippen LogP contribution in [0.5, 0.6) is 0 Å². The van der Waals surface area contributed by atoms with Crippen LogP contribution >= 0.6 is 0 Å². The lowest BCUT2D eigenvalue weighted by Crippen LogP contribution is -2.45. The second kappa shape index (κ2) is 11.5. The van der Waals surface area contributed by atoms with Crippen LogP contribution in [0.2, 0.25) is 0 Å². The minimum Gasteiger partial charge on any atom is -0.399 e. The normalized spacial score (nSPS) is 14.4. The minimum atomic E-state index is -4.47. The van der Waals surface area contributed by atoms with Crippen molar-refractivity contribution in [1.82, 2.24) is 10.6 Å². The molecule has 6 nitrogen and oxygen atoms in total. The fourth-order valence-electron chi connectivity index (χ4n) is 3.05. The highest BCUT2D eigenvalue weighted by Crippen LogP contribution is 2.35. The van der Waals surface area contributed by atoms with Gasteiger partial charge in [0.1, 0.15) is 12.1 Å². The van der Waals surface area contributed by atoms with Gasteiger partial charge in [0.05, 0.1) is 4.92 Å². The van der Waals surface area contributed by atoms with E-state index in [9.17, 15) is 36.5 Å². The molecule has 2 unspecified atom stereocenters. The van der Waals surface area contributed by atoms with Crippen LogP contribution in [0.15, 0.2) is 48.5 Å². The molecule has 0 saturated heterocycles. The lowest BCUT2D eigenvalue weighted by molar-refractivity contribution is -0.384. The number of non-ortho nitro benzene ring substituents is 1. The van der Waals surface area contributed by atoms with Crippen molar-refractivity contribution < 1.29 is 31.3 Å². The van der Waals surface area contributed by atoms with Crippen molar-refractivity contribution >= 4 is 11.4 Å². The number of nitrogens with zero attached hydrogens (tertiary/aromatic N) is 1. The Kier molecular flexibility index (Phi) is 9.93. The second-order valence-electron chi connectivity index (χ2n) is 10.3. The monoisotopic (exact) mass is 522 g/mol. The van der Waals surface area contributed by atoms with E-state index in [-0.39, 0.29) is 16.8 Å². The number of alkyl halides is 6. The summed E-state index contributed by atoms with van der Waals surface area (Å²) in [6, 6.07) is 6.58. The van der Waals surface area contributed by atoms with E-state index < -0.39 is 40.4 Å². The molecule has 0 aliphatic heterocycles. The Morgan fingerprint density at radius 2 is 1.00 bits per heavy atom. The molecule has 0 bridgehead atoms. The number of nitrogens with two attached hydrogens (primary N) is 1. The number of rotatable bonds is 5. The predicted molar refractivity (Wildman–Crippen MR) is 127 cm³/mol. The number of halogens is 6. The molecule has 0 amide bonds. The third-order valence-corrected chi connectivity index (χ3v) is 4.52. The number of benzene rings is 2. The zero-order valence-corrected chi connectivity index (χ0v) is 20.9. The fourth-order valence-corrected chi connectivity index (χ4v) is 3.05. The van der Waals surface area contributed by atoms with Crippen LogP contribution in [0.1, 0.15) is 64.8 Å². The summed E-state index contributed by atoms with van der Waals surface area (Å²) in [5.74, 6) is 0. The van der Waals surface area contributed by atoms with Gasteiger partial charge in [-0.3, -0.25) is 20.7 Å². The highest BCUT2D eigenvalue weighted by atomic mass is 19.4. The maximum absolute atomic E-state index is 13.0. The number of hydrogen-bond donors (Lipinski definition) is 3. The van der Waals surface area contributed by atoms with Crippen LogP contribution in [0.4, 0.5) is 37.7 Å². The molecule has 202 valence electrons. The van der Waals surface area contributed by atoms with E-state index in [1.54, 1.807) is 41.5 Å². The van der Waals surface area contributed by atoms with Crippen LogP contribution in [0, 0.1) is 10.1 Å². The Balaban J connectivity index is 0.000000362. The van der Waals surface area contributed by atoms with Crippen molar-refractivity contribution in [2.75, 3.05) is 5.73 Å². The van der Waals surface area contributed by atoms with E-state index in [4.69, 9.17) is 5.73 Å². The molecular formula is C24H32F6N4O2. The predicted octanol–water partition coefficient (Wildman–Crippen LogP) is 6.85. The van der Waals surface area contributed by atoms with E-state index in [0.29, 0.717) is 5.69 Å². The minimum absolute atomic E-state index is 0.0481. The number of nitro benzene ring substituents is 1. The standard InChI is InChI=1S/C12H15F3N2O2.C12H17F3N2/c1-11(2,3)16-10(12(13,14)15)8-4-6-9(7-5-8)17(18)19;1-11(2,3)17-10(12(13,14)15)8-4-6-9(16)7-5-8/h4-7,10,16H,1-3H3;4-7,10,17H,16H2,1-3H3. The van der Waals surface area contributed by atoms with Crippen molar-refractivity contribution in [3.05, 3.63) is 69.8 Å². The Morgan fingerprint density at radius 1 is 0.694 bits per heavy atom. The first-order valence-electron chi connectivity index (χ1n) is 10.9. The Bertz CT molecular complexity index is 977.